The van der Waals surface area contributed by atoms with Gasteiger partial charge in [0.05, 0.1) is 29.1 Å². The predicted molar refractivity (Wildman–Crippen MR) is 97.3 cm³/mol. The number of tetrazole rings is 1. The summed E-state index contributed by atoms with van der Waals surface area (Å²) in [5.74, 6) is 0.836. The summed E-state index contributed by atoms with van der Waals surface area (Å²) in [6.45, 7) is 2.76. The third-order valence-corrected chi connectivity index (χ3v) is 4.93. The molecule has 4 rings (SSSR count). The number of hydrogen-bond donors (Lipinski definition) is 2. The van der Waals surface area contributed by atoms with E-state index in [1.54, 1.807) is 17.1 Å². The monoisotopic (exact) mass is 373 g/mol. The molecule has 0 saturated heterocycles. The van der Waals surface area contributed by atoms with Gasteiger partial charge in [-0.05, 0) is 48.2 Å². The summed E-state index contributed by atoms with van der Waals surface area (Å²) in [7, 11) is 0. The Hall–Kier alpha value is -2.45. The van der Waals surface area contributed by atoms with Crippen molar-refractivity contribution in [1.29, 1.82) is 0 Å². The van der Waals surface area contributed by atoms with Gasteiger partial charge in [-0.2, -0.15) is 9.78 Å². The van der Waals surface area contributed by atoms with E-state index in [2.05, 4.69) is 25.9 Å². The van der Waals surface area contributed by atoms with Gasteiger partial charge in [-0.1, -0.05) is 34.4 Å². The highest BCUT2D eigenvalue weighted by molar-refractivity contribution is 6.30. The van der Waals surface area contributed by atoms with Crippen LogP contribution in [-0.4, -0.2) is 47.2 Å². The van der Waals surface area contributed by atoms with Crippen molar-refractivity contribution in [1.82, 2.24) is 30.0 Å². The van der Waals surface area contributed by atoms with Crippen LogP contribution in [0.1, 0.15) is 18.4 Å². The average molecular weight is 374 g/mol. The summed E-state index contributed by atoms with van der Waals surface area (Å²) in [6.07, 6.45) is 4.46. The van der Waals surface area contributed by atoms with E-state index in [0.717, 1.165) is 18.7 Å². The minimum absolute atomic E-state index is 0.110. The van der Waals surface area contributed by atoms with Gasteiger partial charge >= 0.3 is 0 Å². The average Bonchev–Trinajstić information content (AvgIpc) is 3.31. The van der Waals surface area contributed by atoms with Gasteiger partial charge in [0, 0.05) is 12.7 Å². The number of hydrogen-bond acceptors (Lipinski definition) is 6. The van der Waals surface area contributed by atoms with Gasteiger partial charge in [0.25, 0.3) is 0 Å². The number of aromatic nitrogens is 6. The number of benzene rings is 1. The summed E-state index contributed by atoms with van der Waals surface area (Å²) >= 11 is 5.91. The first-order valence-corrected chi connectivity index (χ1v) is 8.94. The fourth-order valence-electron chi connectivity index (χ4n) is 3.43. The molecule has 2 heterocycles. The number of aryl methyl sites for hydroxylation is 1. The highest BCUT2D eigenvalue weighted by Gasteiger charge is 2.34. The van der Waals surface area contributed by atoms with Crippen molar-refractivity contribution in [2.75, 3.05) is 5.32 Å². The molecule has 136 valence electrons. The molecule has 3 aromatic rings. The zero-order valence-corrected chi connectivity index (χ0v) is 15.1. The van der Waals surface area contributed by atoms with Crippen LogP contribution in [0.2, 0.25) is 5.02 Å². The van der Waals surface area contributed by atoms with E-state index in [0.29, 0.717) is 23.3 Å². The topological polar surface area (TPSA) is 93.7 Å². The number of aliphatic hydroxyl groups excluding tert-OH is 1. The number of aliphatic hydroxyl groups is 1. The van der Waals surface area contributed by atoms with Gasteiger partial charge in [-0.25, -0.2) is 0 Å². The highest BCUT2D eigenvalue weighted by Crippen LogP contribution is 2.30. The van der Waals surface area contributed by atoms with Crippen molar-refractivity contribution in [3.05, 3.63) is 47.2 Å². The molecule has 1 aromatic carbocycles. The lowest BCUT2D eigenvalue weighted by atomic mass is 10.1. The first-order valence-electron chi connectivity index (χ1n) is 8.56. The first kappa shape index (κ1) is 17.0. The Balaban J connectivity index is 1.44. The SMILES string of the molecule is Cc1ccc(-n2nnnc2N[C@@H]2CC(Cn3cc(Cl)cn3)C[C@H]2O)cc1. The molecular weight excluding hydrogens is 354 g/mol. The normalized spacial score (nSPS) is 22.7. The predicted octanol–water partition coefficient (Wildman–Crippen LogP) is 2.07. The quantitative estimate of drug-likeness (QED) is 0.711. The Labute approximate surface area is 155 Å². The van der Waals surface area contributed by atoms with Crippen LogP contribution in [-0.2, 0) is 6.54 Å². The van der Waals surface area contributed by atoms with Crippen molar-refractivity contribution < 1.29 is 5.11 Å². The lowest BCUT2D eigenvalue weighted by Gasteiger charge is -2.16. The Bertz CT molecular complexity index is 875. The molecule has 0 radical (unpaired) electrons. The minimum atomic E-state index is -0.464. The molecule has 1 unspecified atom stereocenters. The van der Waals surface area contributed by atoms with Gasteiger partial charge in [-0.15, -0.1) is 0 Å². The molecule has 1 aliphatic carbocycles. The van der Waals surface area contributed by atoms with Gasteiger partial charge < -0.3 is 10.4 Å². The van der Waals surface area contributed by atoms with Crippen LogP contribution in [0.15, 0.2) is 36.7 Å². The van der Waals surface area contributed by atoms with Crippen LogP contribution in [0.5, 0.6) is 0 Å². The van der Waals surface area contributed by atoms with Gasteiger partial charge in [0.15, 0.2) is 0 Å². The molecule has 0 spiro atoms. The summed E-state index contributed by atoms with van der Waals surface area (Å²) in [4.78, 5) is 0. The van der Waals surface area contributed by atoms with Crippen molar-refractivity contribution in [3.8, 4) is 5.69 Å². The van der Waals surface area contributed by atoms with Crippen LogP contribution in [0.3, 0.4) is 0 Å². The third kappa shape index (κ3) is 3.56. The van der Waals surface area contributed by atoms with Crippen molar-refractivity contribution >= 4 is 17.5 Å². The van der Waals surface area contributed by atoms with Crippen LogP contribution in [0.25, 0.3) is 5.69 Å². The van der Waals surface area contributed by atoms with E-state index in [1.807, 2.05) is 35.9 Å². The molecule has 1 aliphatic rings. The minimum Gasteiger partial charge on any atom is -0.391 e. The fraction of sp³-hybridized carbons (Fsp3) is 0.412. The number of rotatable bonds is 5. The van der Waals surface area contributed by atoms with E-state index in [9.17, 15) is 5.11 Å². The molecule has 1 saturated carbocycles. The second-order valence-corrected chi connectivity index (χ2v) is 7.22. The van der Waals surface area contributed by atoms with Crippen LogP contribution in [0, 0.1) is 12.8 Å². The van der Waals surface area contributed by atoms with Crippen LogP contribution >= 0.6 is 11.6 Å². The van der Waals surface area contributed by atoms with E-state index in [4.69, 9.17) is 11.6 Å². The lowest BCUT2D eigenvalue weighted by Crippen LogP contribution is -2.29. The molecule has 0 aliphatic heterocycles. The second kappa shape index (κ2) is 7.05. The second-order valence-electron chi connectivity index (χ2n) is 6.79. The lowest BCUT2D eigenvalue weighted by molar-refractivity contribution is 0.165. The summed E-state index contributed by atoms with van der Waals surface area (Å²) in [6, 6.07) is 7.84. The number of halogens is 1. The molecule has 0 amide bonds. The fourth-order valence-corrected chi connectivity index (χ4v) is 3.58. The van der Waals surface area contributed by atoms with Crippen molar-refractivity contribution in [2.24, 2.45) is 5.92 Å². The van der Waals surface area contributed by atoms with Crippen molar-refractivity contribution in [2.45, 2.75) is 38.5 Å². The number of nitrogens with one attached hydrogen (secondary N) is 1. The molecule has 0 bridgehead atoms. The summed E-state index contributed by atoms with van der Waals surface area (Å²) < 4.78 is 3.46. The van der Waals surface area contributed by atoms with E-state index >= 15 is 0 Å². The van der Waals surface area contributed by atoms with Crippen LogP contribution < -0.4 is 5.32 Å². The van der Waals surface area contributed by atoms with Crippen molar-refractivity contribution in [3.63, 3.8) is 0 Å². The standard InChI is InChI=1S/C17H20ClN7O/c1-11-2-4-14(5-3-11)25-17(21-22-23-25)20-15-6-12(7-16(15)26)9-24-10-13(18)8-19-24/h2-5,8,10,12,15-16,26H,6-7,9H2,1H3,(H,20,21,23)/t12?,15-,16-/m1/s1. The van der Waals surface area contributed by atoms with E-state index < -0.39 is 6.10 Å². The summed E-state index contributed by atoms with van der Waals surface area (Å²) in [5, 5.41) is 30.5. The van der Waals surface area contributed by atoms with Crippen LogP contribution in [0.4, 0.5) is 5.95 Å². The maximum atomic E-state index is 10.4. The molecule has 8 nitrogen and oxygen atoms in total. The maximum absolute atomic E-state index is 10.4. The Morgan fingerprint density at radius 2 is 2.08 bits per heavy atom. The van der Waals surface area contributed by atoms with E-state index in [-0.39, 0.29) is 6.04 Å². The molecule has 2 aromatic heterocycles. The third-order valence-electron chi connectivity index (χ3n) is 4.74. The number of nitrogens with zero attached hydrogens (tertiary/aromatic N) is 6. The highest BCUT2D eigenvalue weighted by atomic mass is 35.5. The van der Waals surface area contributed by atoms with Gasteiger partial charge in [0.2, 0.25) is 5.95 Å². The zero-order chi connectivity index (χ0) is 18.1. The zero-order valence-electron chi connectivity index (χ0n) is 14.3. The van der Waals surface area contributed by atoms with Gasteiger partial charge in [0.1, 0.15) is 0 Å². The smallest absolute Gasteiger partial charge is 0.248 e. The maximum Gasteiger partial charge on any atom is 0.248 e. The molecule has 9 heteroatoms. The number of anilines is 1. The molecular formula is C17H20ClN7O. The van der Waals surface area contributed by atoms with Gasteiger partial charge in [-0.3, -0.25) is 4.68 Å². The molecule has 1 fully saturated rings. The molecule has 3 atom stereocenters. The Kier molecular flexibility index (Phi) is 4.60. The Morgan fingerprint density at radius 1 is 1.27 bits per heavy atom. The Morgan fingerprint density at radius 3 is 2.81 bits per heavy atom. The van der Waals surface area contributed by atoms with E-state index in [1.165, 1.54) is 5.56 Å². The molecule has 2 N–H and O–H groups in total. The first-order chi connectivity index (χ1) is 12.6. The largest absolute Gasteiger partial charge is 0.391 e. The summed E-state index contributed by atoms with van der Waals surface area (Å²) in [5.41, 5.74) is 2.04. The molecule has 26 heavy (non-hydrogen) atoms.